The van der Waals surface area contributed by atoms with Crippen molar-refractivity contribution in [3.63, 3.8) is 0 Å². The van der Waals surface area contributed by atoms with Gasteiger partial charge >= 0.3 is 0 Å². The minimum atomic E-state index is -0.501. The van der Waals surface area contributed by atoms with Gasteiger partial charge in [0.1, 0.15) is 0 Å². The summed E-state index contributed by atoms with van der Waals surface area (Å²) in [5.74, 6) is 1.24. The predicted molar refractivity (Wildman–Crippen MR) is 77.0 cm³/mol. The maximum Gasteiger partial charge on any atom is 0.0897 e. The van der Waals surface area contributed by atoms with Gasteiger partial charge in [-0.3, -0.25) is 0 Å². The molecular weight excluding hydrogens is 242 g/mol. The smallest absolute Gasteiger partial charge is 0.0897 e. The van der Waals surface area contributed by atoms with Crippen LogP contribution >= 0.6 is 0 Å². The van der Waals surface area contributed by atoms with Crippen molar-refractivity contribution in [1.29, 1.82) is 0 Å². The third-order valence-corrected chi connectivity index (χ3v) is 3.79. The third-order valence-electron chi connectivity index (χ3n) is 3.79. The zero-order valence-corrected chi connectivity index (χ0v) is 12.2. The average molecular weight is 271 g/mol. The van der Waals surface area contributed by atoms with Gasteiger partial charge in [-0.15, -0.1) is 0 Å². The molecule has 1 aliphatic rings. The van der Waals surface area contributed by atoms with Crippen LogP contribution < -0.4 is 5.32 Å². The Bertz CT molecular complexity index is 258. The number of aliphatic hydroxyl groups is 2. The molecule has 0 amide bonds. The SMILES string of the molecule is CCC(O)CNCC(O)COCC1CC=CCC1C. The van der Waals surface area contributed by atoms with Gasteiger partial charge in [-0.1, -0.05) is 26.0 Å². The van der Waals surface area contributed by atoms with E-state index in [9.17, 15) is 10.2 Å². The molecule has 0 aliphatic heterocycles. The van der Waals surface area contributed by atoms with Crippen LogP contribution in [0.3, 0.4) is 0 Å². The molecule has 4 unspecified atom stereocenters. The monoisotopic (exact) mass is 271 g/mol. The Morgan fingerprint density at radius 3 is 2.58 bits per heavy atom. The van der Waals surface area contributed by atoms with Gasteiger partial charge in [0.05, 0.1) is 25.4 Å². The number of hydrogen-bond acceptors (Lipinski definition) is 4. The number of ether oxygens (including phenoxy) is 1. The quantitative estimate of drug-likeness (QED) is 0.554. The Kier molecular flexibility index (Phi) is 8.30. The summed E-state index contributed by atoms with van der Waals surface area (Å²) >= 11 is 0. The molecule has 0 fully saturated rings. The second-order valence-electron chi connectivity index (χ2n) is 5.59. The molecule has 0 heterocycles. The fourth-order valence-electron chi connectivity index (χ4n) is 2.21. The van der Waals surface area contributed by atoms with E-state index in [0.717, 1.165) is 25.9 Å². The van der Waals surface area contributed by atoms with Crippen LogP contribution in [0.15, 0.2) is 12.2 Å². The van der Waals surface area contributed by atoms with E-state index in [4.69, 9.17) is 4.74 Å². The minimum absolute atomic E-state index is 0.331. The lowest BCUT2D eigenvalue weighted by Gasteiger charge is -2.25. The van der Waals surface area contributed by atoms with Crippen LogP contribution in [0.2, 0.25) is 0 Å². The van der Waals surface area contributed by atoms with E-state index in [1.165, 1.54) is 0 Å². The van der Waals surface area contributed by atoms with E-state index in [2.05, 4.69) is 24.4 Å². The minimum Gasteiger partial charge on any atom is -0.392 e. The van der Waals surface area contributed by atoms with E-state index in [0.29, 0.717) is 31.5 Å². The highest BCUT2D eigenvalue weighted by Gasteiger charge is 2.18. The normalized spacial score (nSPS) is 26.3. The Balaban J connectivity index is 2.03. The Morgan fingerprint density at radius 1 is 1.21 bits per heavy atom. The van der Waals surface area contributed by atoms with Crippen LogP contribution in [0.4, 0.5) is 0 Å². The topological polar surface area (TPSA) is 61.7 Å². The largest absolute Gasteiger partial charge is 0.392 e. The van der Waals surface area contributed by atoms with Crippen molar-refractivity contribution >= 4 is 0 Å². The Morgan fingerprint density at radius 2 is 1.89 bits per heavy atom. The van der Waals surface area contributed by atoms with Gasteiger partial charge in [-0.05, 0) is 31.1 Å². The predicted octanol–water partition coefficient (Wildman–Crippen LogP) is 1.33. The summed E-state index contributed by atoms with van der Waals surface area (Å²) in [6.45, 7) is 6.27. The third kappa shape index (κ3) is 7.06. The fraction of sp³-hybridized carbons (Fsp3) is 0.867. The van der Waals surface area contributed by atoms with Crippen LogP contribution in [0.1, 0.15) is 33.1 Å². The zero-order chi connectivity index (χ0) is 14.1. The molecule has 4 heteroatoms. The van der Waals surface area contributed by atoms with Crippen molar-refractivity contribution in [2.45, 2.75) is 45.3 Å². The molecule has 0 aromatic rings. The molecule has 1 rings (SSSR count). The summed E-state index contributed by atoms with van der Waals surface area (Å²) in [6, 6.07) is 0. The molecule has 4 atom stereocenters. The van der Waals surface area contributed by atoms with Crippen molar-refractivity contribution in [1.82, 2.24) is 5.32 Å². The second kappa shape index (κ2) is 9.48. The van der Waals surface area contributed by atoms with E-state index in [1.54, 1.807) is 0 Å². The Labute approximate surface area is 116 Å². The van der Waals surface area contributed by atoms with E-state index in [-0.39, 0.29) is 6.10 Å². The highest BCUT2D eigenvalue weighted by molar-refractivity contribution is 4.93. The highest BCUT2D eigenvalue weighted by atomic mass is 16.5. The van der Waals surface area contributed by atoms with Crippen LogP contribution in [0.25, 0.3) is 0 Å². The molecule has 1 aliphatic carbocycles. The summed E-state index contributed by atoms with van der Waals surface area (Å²) in [5.41, 5.74) is 0. The number of allylic oxidation sites excluding steroid dienone is 2. The second-order valence-corrected chi connectivity index (χ2v) is 5.59. The number of rotatable bonds is 9. The molecule has 0 aromatic carbocycles. The molecule has 0 bridgehead atoms. The number of aliphatic hydroxyl groups excluding tert-OH is 2. The van der Waals surface area contributed by atoms with Crippen molar-refractivity contribution < 1.29 is 14.9 Å². The summed E-state index contributed by atoms with van der Waals surface area (Å²) in [5, 5.41) is 22.2. The highest BCUT2D eigenvalue weighted by Crippen LogP contribution is 2.24. The molecule has 0 saturated carbocycles. The molecule has 4 nitrogen and oxygen atoms in total. The summed E-state index contributed by atoms with van der Waals surface area (Å²) < 4.78 is 5.60. The maximum absolute atomic E-state index is 9.75. The average Bonchev–Trinajstić information content (AvgIpc) is 2.40. The molecule has 3 N–H and O–H groups in total. The summed E-state index contributed by atoms with van der Waals surface area (Å²) in [6.07, 6.45) is 6.57. The first-order valence-electron chi connectivity index (χ1n) is 7.43. The lowest BCUT2D eigenvalue weighted by molar-refractivity contribution is 0.0118. The molecule has 19 heavy (non-hydrogen) atoms. The lowest BCUT2D eigenvalue weighted by Crippen LogP contribution is -2.35. The van der Waals surface area contributed by atoms with E-state index >= 15 is 0 Å². The summed E-state index contributed by atoms with van der Waals surface area (Å²) in [4.78, 5) is 0. The molecule has 0 spiro atoms. The lowest BCUT2D eigenvalue weighted by atomic mass is 9.85. The first-order chi connectivity index (χ1) is 9.13. The Hall–Kier alpha value is -0.420. The standard InChI is InChI=1S/C15H29NO3/c1-3-14(17)8-16-9-15(18)11-19-10-13-7-5-4-6-12(13)2/h4-5,12-18H,3,6-11H2,1-2H3. The van der Waals surface area contributed by atoms with Crippen molar-refractivity contribution in [2.75, 3.05) is 26.3 Å². The first-order valence-corrected chi connectivity index (χ1v) is 7.43. The van der Waals surface area contributed by atoms with E-state index < -0.39 is 6.10 Å². The molecular formula is C15H29NO3. The van der Waals surface area contributed by atoms with Gasteiger partial charge in [-0.25, -0.2) is 0 Å². The van der Waals surface area contributed by atoms with Gasteiger partial charge in [-0.2, -0.15) is 0 Å². The van der Waals surface area contributed by atoms with Crippen molar-refractivity contribution in [2.24, 2.45) is 11.8 Å². The van der Waals surface area contributed by atoms with Gasteiger partial charge in [0.25, 0.3) is 0 Å². The molecule has 0 aromatic heterocycles. The fourth-order valence-corrected chi connectivity index (χ4v) is 2.21. The van der Waals surface area contributed by atoms with Crippen molar-refractivity contribution in [3.05, 3.63) is 12.2 Å². The number of hydrogen-bond donors (Lipinski definition) is 3. The zero-order valence-electron chi connectivity index (χ0n) is 12.2. The van der Waals surface area contributed by atoms with Crippen LogP contribution in [0.5, 0.6) is 0 Å². The molecule has 0 radical (unpaired) electrons. The van der Waals surface area contributed by atoms with Crippen molar-refractivity contribution in [3.8, 4) is 0 Å². The summed E-state index contributed by atoms with van der Waals surface area (Å²) in [7, 11) is 0. The molecule has 0 saturated heterocycles. The van der Waals surface area contributed by atoms with Gasteiger partial charge < -0.3 is 20.3 Å². The maximum atomic E-state index is 9.75. The van der Waals surface area contributed by atoms with Gasteiger partial charge in [0.2, 0.25) is 0 Å². The number of nitrogens with one attached hydrogen (secondary N) is 1. The molecule has 112 valence electrons. The van der Waals surface area contributed by atoms with E-state index in [1.807, 2.05) is 6.92 Å². The van der Waals surface area contributed by atoms with Gasteiger partial charge in [0.15, 0.2) is 0 Å². The van der Waals surface area contributed by atoms with Crippen LogP contribution in [-0.2, 0) is 4.74 Å². The van der Waals surface area contributed by atoms with Crippen LogP contribution in [0, 0.1) is 11.8 Å². The first kappa shape index (κ1) is 16.6. The van der Waals surface area contributed by atoms with Gasteiger partial charge in [0, 0.05) is 13.1 Å². The van der Waals surface area contributed by atoms with Crippen LogP contribution in [-0.4, -0.2) is 48.7 Å².